The Morgan fingerprint density at radius 2 is 1.69 bits per heavy atom. The van der Waals surface area contributed by atoms with Gasteiger partial charge in [-0.25, -0.2) is 15.0 Å². The number of aliphatic hydroxyl groups is 1. The first-order chi connectivity index (χ1) is 15.1. The molecule has 3 amide bonds. The van der Waals surface area contributed by atoms with Crippen molar-refractivity contribution in [3.63, 3.8) is 0 Å². The van der Waals surface area contributed by atoms with Gasteiger partial charge in [0.05, 0.1) is 6.04 Å². The lowest BCUT2D eigenvalue weighted by atomic mass is 9.83. The van der Waals surface area contributed by atoms with Gasteiger partial charge in [-0.3, -0.25) is 10.2 Å². The third kappa shape index (κ3) is 9.55. The first-order valence-corrected chi connectivity index (χ1v) is 11.1. The molecule has 0 aromatic heterocycles. The summed E-state index contributed by atoms with van der Waals surface area (Å²) in [5, 5.41) is 13.2. The number of ether oxygens (including phenoxy) is 2. The summed E-state index contributed by atoms with van der Waals surface area (Å²) in [6, 6.07) is 8.23. The van der Waals surface area contributed by atoms with E-state index in [9.17, 15) is 19.5 Å². The van der Waals surface area contributed by atoms with Gasteiger partial charge in [0, 0.05) is 0 Å². The number of carbonyl (C=O) groups is 3. The van der Waals surface area contributed by atoms with Crippen LogP contribution >= 0.6 is 0 Å². The van der Waals surface area contributed by atoms with Gasteiger partial charge in [0.1, 0.15) is 12.2 Å². The van der Waals surface area contributed by atoms with E-state index in [1.807, 2.05) is 18.2 Å². The van der Waals surface area contributed by atoms with E-state index in [-0.39, 0.29) is 12.5 Å². The van der Waals surface area contributed by atoms with Crippen molar-refractivity contribution in [2.45, 2.75) is 83.6 Å². The molecular formula is C23H35N3O6. The van der Waals surface area contributed by atoms with E-state index in [4.69, 9.17) is 9.47 Å². The van der Waals surface area contributed by atoms with Gasteiger partial charge in [0.15, 0.2) is 6.10 Å². The number of benzene rings is 1. The summed E-state index contributed by atoms with van der Waals surface area (Å²) in [5.41, 5.74) is 4.35. The molecule has 1 unspecified atom stereocenters. The van der Waals surface area contributed by atoms with Crippen molar-refractivity contribution in [3.8, 4) is 0 Å². The number of alkyl carbamates (subject to hydrolysis) is 1. The Labute approximate surface area is 189 Å². The van der Waals surface area contributed by atoms with Crippen molar-refractivity contribution in [1.29, 1.82) is 0 Å². The molecule has 9 heteroatoms. The quantitative estimate of drug-likeness (QED) is 0.474. The maximum Gasteiger partial charge on any atom is 0.426 e. The Morgan fingerprint density at radius 3 is 2.31 bits per heavy atom. The number of hydrogen-bond donors (Lipinski definition) is 4. The molecule has 2 atom stereocenters. The van der Waals surface area contributed by atoms with Crippen LogP contribution in [0.25, 0.3) is 0 Å². The monoisotopic (exact) mass is 449 g/mol. The minimum atomic E-state index is -1.57. The van der Waals surface area contributed by atoms with E-state index in [0.717, 1.165) is 31.2 Å². The Balaban J connectivity index is 1.88. The number of hydrogen-bond acceptors (Lipinski definition) is 6. The van der Waals surface area contributed by atoms with Crippen LogP contribution in [0.15, 0.2) is 30.3 Å². The second-order valence-electron chi connectivity index (χ2n) is 9.11. The fourth-order valence-electron chi connectivity index (χ4n) is 3.64. The molecule has 1 aromatic carbocycles. The highest BCUT2D eigenvalue weighted by atomic mass is 16.6. The van der Waals surface area contributed by atoms with Crippen molar-refractivity contribution in [2.24, 2.45) is 5.92 Å². The Hall–Kier alpha value is -2.81. The molecule has 178 valence electrons. The standard InChI is InChI=1S/C23H35N3O6/c1-23(2,3)32-21(29)24-18(14-16-10-6-4-7-11-16)19(27)20(28)25-26-22(30)31-15-17-12-8-5-9-13-17/h5,8-9,12-13,16,18-19,27H,4,6-7,10-11,14-15H2,1-3H3,(H,24,29)(H,25,28)(H,26,30)/t18-,19?/m1/s1. The third-order valence-corrected chi connectivity index (χ3v) is 5.16. The maximum absolute atomic E-state index is 12.4. The predicted octanol–water partition coefficient (Wildman–Crippen LogP) is 3.17. The predicted molar refractivity (Wildman–Crippen MR) is 118 cm³/mol. The molecule has 0 bridgehead atoms. The molecule has 1 aromatic rings. The average molecular weight is 450 g/mol. The van der Waals surface area contributed by atoms with Crippen LogP contribution in [0, 0.1) is 5.92 Å². The molecule has 0 aliphatic heterocycles. The molecule has 32 heavy (non-hydrogen) atoms. The summed E-state index contributed by atoms with van der Waals surface area (Å²) in [6.07, 6.45) is 2.58. The van der Waals surface area contributed by atoms with Crippen molar-refractivity contribution in [2.75, 3.05) is 0 Å². The van der Waals surface area contributed by atoms with Gasteiger partial charge in [-0.1, -0.05) is 62.4 Å². The van der Waals surface area contributed by atoms with Gasteiger partial charge in [-0.2, -0.15) is 0 Å². The van der Waals surface area contributed by atoms with Crippen LogP contribution in [-0.2, 0) is 20.9 Å². The second kappa shape index (κ2) is 12.3. The van der Waals surface area contributed by atoms with E-state index >= 15 is 0 Å². The van der Waals surface area contributed by atoms with Crippen LogP contribution < -0.4 is 16.2 Å². The first kappa shape index (κ1) is 25.5. The minimum absolute atomic E-state index is 0.0373. The largest absolute Gasteiger partial charge is 0.444 e. The summed E-state index contributed by atoms with van der Waals surface area (Å²) >= 11 is 0. The van der Waals surface area contributed by atoms with Gasteiger partial charge in [-0.05, 0) is 38.7 Å². The number of rotatable bonds is 7. The zero-order chi connectivity index (χ0) is 23.6. The smallest absolute Gasteiger partial charge is 0.426 e. The van der Waals surface area contributed by atoms with Gasteiger partial charge < -0.3 is 19.9 Å². The second-order valence-corrected chi connectivity index (χ2v) is 9.11. The number of amides is 3. The van der Waals surface area contributed by atoms with Gasteiger partial charge >= 0.3 is 12.2 Å². The molecule has 1 saturated carbocycles. The zero-order valence-electron chi connectivity index (χ0n) is 19.1. The molecule has 9 nitrogen and oxygen atoms in total. The highest BCUT2D eigenvalue weighted by molar-refractivity contribution is 5.84. The molecule has 1 fully saturated rings. The van der Waals surface area contributed by atoms with Gasteiger partial charge in [0.25, 0.3) is 5.91 Å². The summed E-state index contributed by atoms with van der Waals surface area (Å²) in [7, 11) is 0. The minimum Gasteiger partial charge on any atom is -0.444 e. The van der Waals surface area contributed by atoms with Crippen LogP contribution in [0.1, 0.15) is 64.9 Å². The lowest BCUT2D eigenvalue weighted by Crippen LogP contribution is -2.55. The molecule has 1 aliphatic carbocycles. The molecule has 0 spiro atoms. The van der Waals surface area contributed by atoms with Crippen molar-refractivity contribution < 1.29 is 29.0 Å². The van der Waals surface area contributed by atoms with Crippen LogP contribution in [0.5, 0.6) is 0 Å². The third-order valence-electron chi connectivity index (χ3n) is 5.16. The van der Waals surface area contributed by atoms with Crippen LogP contribution in [-0.4, -0.2) is 40.9 Å². The highest BCUT2D eigenvalue weighted by Crippen LogP contribution is 2.28. The Morgan fingerprint density at radius 1 is 1.03 bits per heavy atom. The van der Waals surface area contributed by atoms with E-state index in [1.165, 1.54) is 6.42 Å². The molecule has 0 radical (unpaired) electrons. The van der Waals surface area contributed by atoms with E-state index in [1.54, 1.807) is 32.9 Å². The zero-order valence-corrected chi connectivity index (χ0v) is 19.1. The van der Waals surface area contributed by atoms with Gasteiger partial charge in [-0.15, -0.1) is 0 Å². The normalized spacial score (nSPS) is 16.4. The summed E-state index contributed by atoms with van der Waals surface area (Å²) in [4.78, 5) is 36.6. The highest BCUT2D eigenvalue weighted by Gasteiger charge is 2.32. The van der Waals surface area contributed by atoms with E-state index in [2.05, 4.69) is 16.2 Å². The molecule has 1 aliphatic rings. The van der Waals surface area contributed by atoms with Crippen LogP contribution in [0.2, 0.25) is 0 Å². The lowest BCUT2D eigenvalue weighted by Gasteiger charge is -2.30. The van der Waals surface area contributed by atoms with Crippen molar-refractivity contribution >= 4 is 18.1 Å². The number of aliphatic hydroxyl groups excluding tert-OH is 1. The molecule has 4 N–H and O–H groups in total. The van der Waals surface area contributed by atoms with E-state index < -0.39 is 35.8 Å². The molecule has 0 saturated heterocycles. The van der Waals surface area contributed by atoms with Crippen LogP contribution in [0.3, 0.4) is 0 Å². The lowest BCUT2D eigenvalue weighted by molar-refractivity contribution is -0.132. The van der Waals surface area contributed by atoms with Crippen molar-refractivity contribution in [1.82, 2.24) is 16.2 Å². The summed E-state index contributed by atoms with van der Waals surface area (Å²) in [6.45, 7) is 5.24. The summed E-state index contributed by atoms with van der Waals surface area (Å²) < 4.78 is 10.3. The Kier molecular flexibility index (Phi) is 9.77. The topological polar surface area (TPSA) is 126 Å². The SMILES string of the molecule is CC(C)(C)OC(=O)N[C@H](CC1CCCCC1)C(O)C(=O)NNC(=O)OCc1ccccc1. The van der Waals surface area contributed by atoms with E-state index in [0.29, 0.717) is 6.42 Å². The number of hydrazine groups is 1. The molecule has 0 heterocycles. The Bertz CT molecular complexity index is 744. The summed E-state index contributed by atoms with van der Waals surface area (Å²) in [5.74, 6) is -0.562. The van der Waals surface area contributed by atoms with Crippen LogP contribution in [0.4, 0.5) is 9.59 Å². The fourth-order valence-corrected chi connectivity index (χ4v) is 3.64. The van der Waals surface area contributed by atoms with Crippen molar-refractivity contribution in [3.05, 3.63) is 35.9 Å². The van der Waals surface area contributed by atoms with Gasteiger partial charge in [0.2, 0.25) is 0 Å². The fraction of sp³-hybridized carbons (Fsp3) is 0.609. The number of nitrogens with one attached hydrogen (secondary N) is 3. The molecule has 2 rings (SSSR count). The molecular weight excluding hydrogens is 414 g/mol. The maximum atomic E-state index is 12.4. The first-order valence-electron chi connectivity index (χ1n) is 11.1. The average Bonchev–Trinajstić information content (AvgIpc) is 2.75. The number of carbonyl (C=O) groups excluding carboxylic acids is 3.